The molecule has 1 fully saturated rings. The highest BCUT2D eigenvalue weighted by molar-refractivity contribution is 6.06. The number of aryl methyl sites for hydroxylation is 2. The number of aromatic nitrogens is 1. The summed E-state index contributed by atoms with van der Waals surface area (Å²) in [5, 5.41) is 5.92. The van der Waals surface area contributed by atoms with E-state index in [2.05, 4.69) is 29.5 Å². The molecule has 2 aromatic rings. The molecule has 5 heteroatoms. The number of benzene rings is 1. The minimum absolute atomic E-state index is 0.173. The Morgan fingerprint density at radius 1 is 1.04 bits per heavy atom. The Bertz CT molecular complexity index is 775. The number of carbonyl (C=O) groups excluding carboxylic acids is 2. The molecule has 2 amide bonds. The topological polar surface area (TPSA) is 71.1 Å². The normalized spacial score (nSPS) is 13.4. The molecule has 0 aliphatic heterocycles. The van der Waals surface area contributed by atoms with Crippen molar-refractivity contribution >= 4 is 17.5 Å². The number of rotatable bonds is 6. The lowest BCUT2D eigenvalue weighted by Crippen LogP contribution is -2.26. The first-order valence-corrected chi connectivity index (χ1v) is 8.80. The summed E-state index contributed by atoms with van der Waals surface area (Å²) in [5.41, 5.74) is 3.87. The monoisotopic (exact) mass is 337 g/mol. The van der Waals surface area contributed by atoms with E-state index in [0.29, 0.717) is 11.1 Å². The number of hydrogen-bond donors (Lipinski definition) is 2. The number of amides is 2. The molecular formula is C20H23N3O2. The Labute approximate surface area is 147 Å². The third-order valence-corrected chi connectivity index (χ3v) is 4.41. The average Bonchev–Trinajstić information content (AvgIpc) is 3.45. The Morgan fingerprint density at radius 2 is 1.64 bits per heavy atom. The van der Waals surface area contributed by atoms with Crippen LogP contribution in [0.15, 0.2) is 36.7 Å². The molecule has 1 heterocycles. The fourth-order valence-corrected chi connectivity index (χ4v) is 2.77. The second-order valence-electron chi connectivity index (χ2n) is 6.32. The molecular weight excluding hydrogens is 314 g/mol. The number of pyridine rings is 1. The number of nitrogens with one attached hydrogen (secondary N) is 2. The molecule has 2 N–H and O–H groups in total. The minimum atomic E-state index is -0.246. The fraction of sp³-hybridized carbons (Fsp3) is 0.350. The quantitative estimate of drug-likeness (QED) is 0.849. The summed E-state index contributed by atoms with van der Waals surface area (Å²) in [6.45, 7) is 4.13. The van der Waals surface area contributed by atoms with Crippen molar-refractivity contribution in [2.75, 3.05) is 5.32 Å². The maximum absolute atomic E-state index is 12.7. The molecule has 3 rings (SSSR count). The van der Waals surface area contributed by atoms with Gasteiger partial charge in [-0.05, 0) is 42.9 Å². The van der Waals surface area contributed by atoms with Crippen LogP contribution in [-0.2, 0) is 12.8 Å². The maximum atomic E-state index is 12.7. The van der Waals surface area contributed by atoms with Gasteiger partial charge in [-0.3, -0.25) is 14.6 Å². The Hall–Kier alpha value is -2.69. The summed E-state index contributed by atoms with van der Waals surface area (Å²) in [4.78, 5) is 28.9. The van der Waals surface area contributed by atoms with Crippen molar-refractivity contribution in [2.24, 2.45) is 0 Å². The number of hydrogen-bond acceptors (Lipinski definition) is 3. The fourth-order valence-electron chi connectivity index (χ4n) is 2.77. The Morgan fingerprint density at radius 3 is 2.20 bits per heavy atom. The summed E-state index contributed by atoms with van der Waals surface area (Å²) in [6, 6.07) is 7.92. The highest BCUT2D eigenvalue weighted by Crippen LogP contribution is 2.23. The second kappa shape index (κ2) is 7.47. The molecule has 1 aromatic heterocycles. The van der Waals surface area contributed by atoms with Gasteiger partial charge in [-0.15, -0.1) is 0 Å². The second-order valence-corrected chi connectivity index (χ2v) is 6.32. The minimum Gasteiger partial charge on any atom is -0.349 e. The van der Waals surface area contributed by atoms with Crippen LogP contribution in [0.5, 0.6) is 0 Å². The summed E-state index contributed by atoms with van der Waals surface area (Å²) >= 11 is 0. The van der Waals surface area contributed by atoms with Gasteiger partial charge in [-0.2, -0.15) is 0 Å². The van der Waals surface area contributed by atoms with Gasteiger partial charge in [0.15, 0.2) is 0 Å². The number of carbonyl (C=O) groups is 2. The molecule has 0 atom stereocenters. The van der Waals surface area contributed by atoms with Crippen molar-refractivity contribution in [1.29, 1.82) is 0 Å². The Kier molecular flexibility index (Phi) is 5.12. The third kappa shape index (κ3) is 4.05. The van der Waals surface area contributed by atoms with Gasteiger partial charge in [0.1, 0.15) is 0 Å². The van der Waals surface area contributed by atoms with Crippen LogP contribution >= 0.6 is 0 Å². The molecule has 0 spiro atoms. The molecule has 1 aromatic carbocycles. The molecule has 0 bridgehead atoms. The number of anilines is 1. The molecule has 0 radical (unpaired) electrons. The van der Waals surface area contributed by atoms with Crippen LogP contribution in [0.3, 0.4) is 0 Å². The SMILES string of the molecule is CCc1cccc(CC)c1NC(=O)c1cncc(C(=O)NC2CC2)c1. The highest BCUT2D eigenvalue weighted by atomic mass is 16.2. The summed E-state index contributed by atoms with van der Waals surface area (Å²) < 4.78 is 0. The van der Waals surface area contributed by atoms with E-state index in [0.717, 1.165) is 42.5 Å². The van der Waals surface area contributed by atoms with E-state index in [1.165, 1.54) is 12.4 Å². The van der Waals surface area contributed by atoms with Crippen LogP contribution in [-0.4, -0.2) is 22.8 Å². The van der Waals surface area contributed by atoms with Gasteiger partial charge < -0.3 is 10.6 Å². The van der Waals surface area contributed by atoms with Crippen molar-refractivity contribution in [2.45, 2.75) is 45.6 Å². The zero-order valence-corrected chi connectivity index (χ0v) is 14.6. The van der Waals surface area contributed by atoms with Crippen molar-refractivity contribution in [3.63, 3.8) is 0 Å². The van der Waals surface area contributed by atoms with Gasteiger partial charge in [0.05, 0.1) is 11.1 Å². The van der Waals surface area contributed by atoms with Crippen LogP contribution in [0.1, 0.15) is 58.5 Å². The van der Waals surface area contributed by atoms with Crippen molar-refractivity contribution in [1.82, 2.24) is 10.3 Å². The molecule has 25 heavy (non-hydrogen) atoms. The zero-order chi connectivity index (χ0) is 17.8. The van der Waals surface area contributed by atoms with Crippen LogP contribution in [0, 0.1) is 0 Å². The third-order valence-electron chi connectivity index (χ3n) is 4.41. The van der Waals surface area contributed by atoms with E-state index in [1.54, 1.807) is 6.07 Å². The van der Waals surface area contributed by atoms with E-state index in [4.69, 9.17) is 0 Å². The van der Waals surface area contributed by atoms with Crippen molar-refractivity contribution in [3.8, 4) is 0 Å². The largest absolute Gasteiger partial charge is 0.349 e. The predicted molar refractivity (Wildman–Crippen MR) is 97.9 cm³/mol. The lowest BCUT2D eigenvalue weighted by atomic mass is 10.0. The zero-order valence-electron chi connectivity index (χ0n) is 14.6. The smallest absolute Gasteiger partial charge is 0.257 e. The molecule has 1 aliphatic rings. The first kappa shape index (κ1) is 17.1. The van der Waals surface area contributed by atoms with E-state index >= 15 is 0 Å². The first-order valence-electron chi connectivity index (χ1n) is 8.80. The molecule has 0 saturated heterocycles. The van der Waals surface area contributed by atoms with E-state index < -0.39 is 0 Å². The van der Waals surface area contributed by atoms with Crippen molar-refractivity contribution < 1.29 is 9.59 Å². The molecule has 1 aliphatic carbocycles. The lowest BCUT2D eigenvalue weighted by molar-refractivity contribution is 0.0950. The van der Waals surface area contributed by atoms with Gasteiger partial charge >= 0.3 is 0 Å². The van der Waals surface area contributed by atoms with Crippen LogP contribution in [0.4, 0.5) is 5.69 Å². The molecule has 0 unspecified atom stereocenters. The van der Waals surface area contributed by atoms with E-state index in [9.17, 15) is 9.59 Å². The lowest BCUT2D eigenvalue weighted by Gasteiger charge is -2.14. The number of para-hydroxylation sites is 1. The van der Waals surface area contributed by atoms with Gasteiger partial charge in [0.2, 0.25) is 0 Å². The van der Waals surface area contributed by atoms with E-state index in [1.807, 2.05) is 18.2 Å². The Balaban J connectivity index is 1.81. The number of nitrogens with zero attached hydrogens (tertiary/aromatic N) is 1. The standard InChI is InChI=1S/C20H23N3O2/c1-3-13-6-5-7-14(4-2)18(13)23-20(25)16-10-15(11-21-12-16)19(24)22-17-8-9-17/h5-7,10-12,17H,3-4,8-9H2,1-2H3,(H,22,24)(H,23,25). The highest BCUT2D eigenvalue weighted by Gasteiger charge is 2.24. The van der Waals surface area contributed by atoms with Gasteiger partial charge in [-0.1, -0.05) is 32.0 Å². The van der Waals surface area contributed by atoms with Crippen molar-refractivity contribution in [3.05, 3.63) is 58.9 Å². The molecule has 130 valence electrons. The van der Waals surface area contributed by atoms with E-state index in [-0.39, 0.29) is 17.9 Å². The summed E-state index contributed by atoms with van der Waals surface area (Å²) in [5.74, 6) is -0.419. The molecule has 1 saturated carbocycles. The van der Waals surface area contributed by atoms with Gasteiger partial charge in [-0.25, -0.2) is 0 Å². The van der Waals surface area contributed by atoms with Crippen LogP contribution in [0.25, 0.3) is 0 Å². The predicted octanol–water partition coefficient (Wildman–Crippen LogP) is 3.35. The molecule has 5 nitrogen and oxygen atoms in total. The van der Waals surface area contributed by atoms with Gasteiger partial charge in [0, 0.05) is 24.1 Å². The average molecular weight is 337 g/mol. The summed E-state index contributed by atoms with van der Waals surface area (Å²) in [6.07, 6.45) is 6.70. The van der Waals surface area contributed by atoms with Crippen LogP contribution in [0.2, 0.25) is 0 Å². The first-order chi connectivity index (χ1) is 12.1. The maximum Gasteiger partial charge on any atom is 0.257 e. The van der Waals surface area contributed by atoms with Crippen LogP contribution < -0.4 is 10.6 Å². The summed E-state index contributed by atoms with van der Waals surface area (Å²) in [7, 11) is 0. The van der Waals surface area contributed by atoms with Gasteiger partial charge in [0.25, 0.3) is 11.8 Å².